The lowest BCUT2D eigenvalue weighted by Crippen LogP contribution is -2.57. The average Bonchev–Trinajstić information content (AvgIpc) is 2.80. The maximum Gasteiger partial charge on any atom is 0.307 e. The molecule has 0 bridgehead atoms. The lowest BCUT2D eigenvalue weighted by atomic mass is 10.1. The highest BCUT2D eigenvalue weighted by atomic mass is 16.5. The molecule has 0 radical (unpaired) electrons. The molecule has 2 aromatic carbocycles. The molecule has 1 atom stereocenters. The summed E-state index contributed by atoms with van der Waals surface area (Å²) in [5, 5.41) is 8.33. The van der Waals surface area contributed by atoms with Crippen LogP contribution in [0.2, 0.25) is 0 Å². The molecule has 1 aliphatic heterocycles. The van der Waals surface area contributed by atoms with Crippen LogP contribution in [0.15, 0.2) is 54.6 Å². The SMILES string of the molecule is CC(C)COC(=O)CC1C(=O)NCCN1CC(=O)Nc1cccc(NC(=O)c2ccccc2)c1. The number of nitrogens with one attached hydrogen (secondary N) is 3. The van der Waals surface area contributed by atoms with Crippen molar-refractivity contribution in [3.63, 3.8) is 0 Å². The molecule has 2 aromatic rings. The van der Waals surface area contributed by atoms with Gasteiger partial charge >= 0.3 is 5.97 Å². The van der Waals surface area contributed by atoms with E-state index in [0.29, 0.717) is 30.0 Å². The van der Waals surface area contributed by atoms with Crippen LogP contribution in [0.5, 0.6) is 0 Å². The topological polar surface area (TPSA) is 117 Å². The largest absolute Gasteiger partial charge is 0.465 e. The molecule has 3 amide bonds. The van der Waals surface area contributed by atoms with Gasteiger partial charge < -0.3 is 20.7 Å². The van der Waals surface area contributed by atoms with Gasteiger partial charge in [-0.15, -0.1) is 0 Å². The maximum atomic E-state index is 12.7. The second kappa shape index (κ2) is 11.9. The predicted molar refractivity (Wildman–Crippen MR) is 128 cm³/mol. The van der Waals surface area contributed by atoms with Gasteiger partial charge in [0, 0.05) is 30.0 Å². The molecule has 0 aromatic heterocycles. The van der Waals surface area contributed by atoms with E-state index in [9.17, 15) is 19.2 Å². The van der Waals surface area contributed by atoms with Crippen LogP contribution in [-0.4, -0.2) is 60.9 Å². The summed E-state index contributed by atoms with van der Waals surface area (Å²) < 4.78 is 5.20. The number of carbonyl (C=O) groups excluding carboxylic acids is 4. The third-order valence-electron chi connectivity index (χ3n) is 5.17. The van der Waals surface area contributed by atoms with Gasteiger partial charge in [0.15, 0.2) is 0 Å². The van der Waals surface area contributed by atoms with Crippen LogP contribution >= 0.6 is 0 Å². The molecule has 1 heterocycles. The number of piperazine rings is 1. The summed E-state index contributed by atoms with van der Waals surface area (Å²) in [5.74, 6) is -1.16. The molecule has 180 valence electrons. The molecule has 1 unspecified atom stereocenters. The Morgan fingerprint density at radius 3 is 2.47 bits per heavy atom. The minimum absolute atomic E-state index is 0.0594. The summed E-state index contributed by atoms with van der Waals surface area (Å²) in [6.45, 7) is 4.92. The van der Waals surface area contributed by atoms with E-state index in [1.165, 1.54) is 0 Å². The minimum atomic E-state index is -0.768. The zero-order chi connectivity index (χ0) is 24.5. The van der Waals surface area contributed by atoms with Gasteiger partial charge in [0.05, 0.1) is 19.6 Å². The summed E-state index contributed by atoms with van der Waals surface area (Å²) in [6, 6.07) is 14.9. The summed E-state index contributed by atoms with van der Waals surface area (Å²) in [4.78, 5) is 51.2. The van der Waals surface area contributed by atoms with Crippen LogP contribution in [0.1, 0.15) is 30.6 Å². The Labute approximate surface area is 198 Å². The Bertz CT molecular complexity index is 1020. The number of amides is 3. The molecule has 1 aliphatic rings. The normalized spacial score (nSPS) is 16.0. The van der Waals surface area contributed by atoms with Gasteiger partial charge in [-0.05, 0) is 36.2 Å². The Balaban J connectivity index is 1.58. The predicted octanol–water partition coefficient (Wildman–Crippen LogP) is 2.27. The fraction of sp³-hybridized carbons (Fsp3) is 0.360. The number of carbonyl (C=O) groups is 4. The van der Waals surface area contributed by atoms with Crippen LogP contribution < -0.4 is 16.0 Å². The first-order valence-corrected chi connectivity index (χ1v) is 11.3. The van der Waals surface area contributed by atoms with Crippen molar-refractivity contribution in [2.45, 2.75) is 26.3 Å². The quantitative estimate of drug-likeness (QED) is 0.488. The molecule has 1 fully saturated rings. The molecule has 9 nitrogen and oxygen atoms in total. The second-order valence-electron chi connectivity index (χ2n) is 8.51. The average molecular weight is 467 g/mol. The van der Waals surface area contributed by atoms with Crippen LogP contribution in [-0.2, 0) is 19.1 Å². The van der Waals surface area contributed by atoms with Crippen molar-refractivity contribution in [2.24, 2.45) is 5.92 Å². The van der Waals surface area contributed by atoms with Crippen molar-refractivity contribution in [3.05, 3.63) is 60.2 Å². The monoisotopic (exact) mass is 466 g/mol. The Kier molecular flexibility index (Phi) is 8.75. The fourth-order valence-corrected chi connectivity index (χ4v) is 3.50. The van der Waals surface area contributed by atoms with E-state index >= 15 is 0 Å². The number of rotatable bonds is 9. The van der Waals surface area contributed by atoms with Crippen LogP contribution in [0.3, 0.4) is 0 Å². The van der Waals surface area contributed by atoms with Crippen molar-refractivity contribution in [3.8, 4) is 0 Å². The van der Waals surface area contributed by atoms with Crippen molar-refractivity contribution < 1.29 is 23.9 Å². The van der Waals surface area contributed by atoms with E-state index in [4.69, 9.17) is 4.74 Å². The van der Waals surface area contributed by atoms with Gasteiger partial charge in [0.1, 0.15) is 6.04 Å². The molecular weight excluding hydrogens is 436 g/mol. The molecule has 34 heavy (non-hydrogen) atoms. The first-order valence-electron chi connectivity index (χ1n) is 11.3. The summed E-state index contributed by atoms with van der Waals surface area (Å²) in [5.41, 5.74) is 1.57. The highest BCUT2D eigenvalue weighted by Crippen LogP contribution is 2.17. The summed E-state index contributed by atoms with van der Waals surface area (Å²) in [6.07, 6.45) is -0.118. The van der Waals surface area contributed by atoms with Gasteiger partial charge in [0.25, 0.3) is 5.91 Å². The third-order valence-corrected chi connectivity index (χ3v) is 5.17. The number of benzene rings is 2. The zero-order valence-corrected chi connectivity index (χ0v) is 19.4. The summed E-state index contributed by atoms with van der Waals surface area (Å²) >= 11 is 0. The number of esters is 1. The zero-order valence-electron chi connectivity index (χ0n) is 19.4. The van der Waals surface area contributed by atoms with E-state index in [1.807, 2.05) is 19.9 Å². The fourth-order valence-electron chi connectivity index (χ4n) is 3.50. The molecule has 1 saturated heterocycles. The molecule has 0 aliphatic carbocycles. The molecule has 3 N–H and O–H groups in total. The van der Waals surface area contributed by atoms with Gasteiger partial charge in [-0.1, -0.05) is 38.1 Å². The van der Waals surface area contributed by atoms with E-state index in [2.05, 4.69) is 16.0 Å². The number of nitrogens with zero attached hydrogens (tertiary/aromatic N) is 1. The Morgan fingerprint density at radius 2 is 1.76 bits per heavy atom. The maximum absolute atomic E-state index is 12.7. The van der Waals surface area contributed by atoms with Gasteiger partial charge in [0.2, 0.25) is 11.8 Å². The minimum Gasteiger partial charge on any atom is -0.465 e. The number of hydrogen-bond donors (Lipinski definition) is 3. The van der Waals surface area contributed by atoms with E-state index < -0.39 is 12.0 Å². The van der Waals surface area contributed by atoms with Crippen LogP contribution in [0.25, 0.3) is 0 Å². The Morgan fingerprint density at radius 1 is 1.06 bits per heavy atom. The van der Waals surface area contributed by atoms with Crippen molar-refractivity contribution in [2.75, 3.05) is 36.9 Å². The highest BCUT2D eigenvalue weighted by molar-refractivity contribution is 6.04. The van der Waals surface area contributed by atoms with E-state index in [-0.39, 0.29) is 43.2 Å². The smallest absolute Gasteiger partial charge is 0.307 e. The standard InChI is InChI=1S/C25H30N4O5/c1-17(2)16-34-23(31)14-21-25(33)26-11-12-29(21)15-22(30)27-19-9-6-10-20(13-19)28-24(32)18-7-4-3-5-8-18/h3-10,13,17,21H,11-12,14-16H2,1-2H3,(H,26,33)(H,27,30)(H,28,32). The summed E-state index contributed by atoms with van der Waals surface area (Å²) in [7, 11) is 0. The second-order valence-corrected chi connectivity index (χ2v) is 8.51. The molecule has 9 heteroatoms. The van der Waals surface area contributed by atoms with Crippen molar-refractivity contribution >= 4 is 35.1 Å². The molecule has 0 spiro atoms. The Hall–Kier alpha value is -3.72. The van der Waals surface area contributed by atoms with Gasteiger partial charge in [-0.25, -0.2) is 0 Å². The molecular formula is C25H30N4O5. The molecule has 0 saturated carbocycles. The van der Waals surface area contributed by atoms with E-state index in [0.717, 1.165) is 0 Å². The third kappa shape index (κ3) is 7.41. The first-order chi connectivity index (χ1) is 16.3. The van der Waals surface area contributed by atoms with E-state index in [1.54, 1.807) is 53.4 Å². The number of anilines is 2. The molecule has 3 rings (SSSR count). The van der Waals surface area contributed by atoms with Crippen LogP contribution in [0.4, 0.5) is 11.4 Å². The van der Waals surface area contributed by atoms with Gasteiger partial charge in [-0.2, -0.15) is 0 Å². The first kappa shape index (κ1) is 24.9. The lowest BCUT2D eigenvalue weighted by molar-refractivity contribution is -0.149. The van der Waals surface area contributed by atoms with Gasteiger partial charge in [-0.3, -0.25) is 24.1 Å². The number of ether oxygens (including phenoxy) is 1. The van der Waals surface area contributed by atoms with Crippen molar-refractivity contribution in [1.82, 2.24) is 10.2 Å². The van der Waals surface area contributed by atoms with Crippen LogP contribution in [0, 0.1) is 5.92 Å². The number of hydrogen-bond acceptors (Lipinski definition) is 6. The lowest BCUT2D eigenvalue weighted by Gasteiger charge is -2.33. The highest BCUT2D eigenvalue weighted by Gasteiger charge is 2.33. The van der Waals surface area contributed by atoms with Crippen molar-refractivity contribution in [1.29, 1.82) is 0 Å².